The summed E-state index contributed by atoms with van der Waals surface area (Å²) in [5, 5.41) is 6.14. The van der Waals surface area contributed by atoms with Gasteiger partial charge < -0.3 is 20.3 Å². The predicted molar refractivity (Wildman–Crippen MR) is 111 cm³/mol. The number of likely N-dealkylation sites (N-methyl/N-ethyl adjacent to an activating group) is 1. The molecule has 1 fully saturated rings. The van der Waals surface area contributed by atoms with E-state index in [-0.39, 0.29) is 35.9 Å². The van der Waals surface area contributed by atoms with Crippen molar-refractivity contribution in [3.05, 3.63) is 23.8 Å². The van der Waals surface area contributed by atoms with Crippen LogP contribution in [0.1, 0.15) is 38.1 Å². The number of fused-ring (bicyclic) bond motifs is 1. The number of amides is 1. The molecule has 1 atom stereocenters. The molecule has 0 radical (unpaired) electrons. The molecule has 172 valence electrons. The van der Waals surface area contributed by atoms with E-state index in [1.807, 2.05) is 25.8 Å². The Labute approximate surface area is 182 Å². The summed E-state index contributed by atoms with van der Waals surface area (Å²) in [7, 11) is 1.84. The van der Waals surface area contributed by atoms with Gasteiger partial charge >= 0.3 is 6.18 Å². The molecule has 2 aliphatic rings. The number of carbonyl (C=O) groups is 1. The number of alkyl halides is 3. The minimum Gasteiger partial charge on any atom is -0.474 e. The smallest absolute Gasteiger partial charge is 0.433 e. The van der Waals surface area contributed by atoms with Crippen LogP contribution in [0, 0.1) is 12.8 Å². The highest BCUT2D eigenvalue weighted by atomic mass is 19.4. The zero-order chi connectivity index (χ0) is 23.2. The van der Waals surface area contributed by atoms with Gasteiger partial charge in [0.15, 0.2) is 11.5 Å². The van der Waals surface area contributed by atoms with E-state index in [2.05, 4.69) is 30.6 Å². The number of anilines is 3. The molecule has 0 aromatic carbocycles. The van der Waals surface area contributed by atoms with Crippen molar-refractivity contribution < 1.29 is 22.7 Å². The molecule has 0 spiro atoms. The van der Waals surface area contributed by atoms with Crippen LogP contribution in [0.5, 0.6) is 5.88 Å². The van der Waals surface area contributed by atoms with Crippen molar-refractivity contribution in [1.29, 1.82) is 0 Å². The van der Waals surface area contributed by atoms with E-state index in [1.54, 1.807) is 6.92 Å². The lowest BCUT2D eigenvalue weighted by atomic mass is 9.89. The van der Waals surface area contributed by atoms with Gasteiger partial charge in [0.25, 0.3) is 0 Å². The average Bonchev–Trinajstić information content (AvgIpc) is 2.66. The fourth-order valence-corrected chi connectivity index (χ4v) is 3.97. The van der Waals surface area contributed by atoms with Gasteiger partial charge in [-0.25, -0.2) is 15.0 Å². The van der Waals surface area contributed by atoms with Crippen LogP contribution in [0.4, 0.5) is 30.6 Å². The fraction of sp³-hybridized carbons (Fsp3) is 0.550. The molecule has 1 aliphatic carbocycles. The summed E-state index contributed by atoms with van der Waals surface area (Å²) in [5.74, 6) is 0.986. The molecule has 9 nitrogen and oxygen atoms in total. The van der Waals surface area contributed by atoms with Gasteiger partial charge in [-0.05, 0) is 12.8 Å². The summed E-state index contributed by atoms with van der Waals surface area (Å²) in [4.78, 5) is 30.3. The maximum absolute atomic E-state index is 12.8. The Kier molecular flexibility index (Phi) is 5.55. The van der Waals surface area contributed by atoms with E-state index >= 15 is 0 Å². The first-order valence-corrected chi connectivity index (χ1v) is 10.3. The van der Waals surface area contributed by atoms with Crippen LogP contribution >= 0.6 is 0 Å². The number of halogens is 3. The van der Waals surface area contributed by atoms with Gasteiger partial charge in [-0.15, -0.1) is 0 Å². The summed E-state index contributed by atoms with van der Waals surface area (Å²) < 4.78 is 43.9. The van der Waals surface area contributed by atoms with E-state index in [0.29, 0.717) is 36.0 Å². The summed E-state index contributed by atoms with van der Waals surface area (Å²) >= 11 is 0. The van der Waals surface area contributed by atoms with Crippen LogP contribution in [0.3, 0.4) is 0 Å². The van der Waals surface area contributed by atoms with Gasteiger partial charge in [-0.1, -0.05) is 13.8 Å². The molecular weight excluding hydrogens is 427 g/mol. The molecule has 1 unspecified atom stereocenters. The first-order chi connectivity index (χ1) is 15.0. The first-order valence-electron chi connectivity index (χ1n) is 10.3. The van der Waals surface area contributed by atoms with Crippen molar-refractivity contribution in [2.75, 3.05) is 22.6 Å². The normalized spacial score (nSPS) is 22.8. The van der Waals surface area contributed by atoms with Gasteiger partial charge in [0.1, 0.15) is 24.2 Å². The number of aryl methyl sites for hydroxylation is 1. The molecule has 32 heavy (non-hydrogen) atoms. The van der Waals surface area contributed by atoms with Crippen LogP contribution in [-0.4, -0.2) is 51.1 Å². The third-order valence-corrected chi connectivity index (χ3v) is 5.62. The fourth-order valence-electron chi connectivity index (χ4n) is 3.97. The second-order valence-electron chi connectivity index (χ2n) is 8.41. The minimum absolute atomic E-state index is 0.00533. The molecule has 3 heterocycles. The SMILES string of the molecule is Cc1nc(NC2CC(Oc3cc(C(F)(F)F)ncn3)C2)nc2c1NC(=O)C(C(C)C)N2C. The Balaban J connectivity index is 1.40. The molecule has 1 saturated carbocycles. The molecular formula is C20H24F3N7O2. The Bertz CT molecular complexity index is 1020. The van der Waals surface area contributed by atoms with Gasteiger partial charge in [-0.2, -0.15) is 18.2 Å². The Morgan fingerprint density at radius 3 is 2.62 bits per heavy atom. The second kappa shape index (κ2) is 8.06. The van der Waals surface area contributed by atoms with Gasteiger partial charge in [0.05, 0.1) is 5.69 Å². The highest BCUT2D eigenvalue weighted by Crippen LogP contribution is 2.35. The summed E-state index contributed by atoms with van der Waals surface area (Å²) in [6.45, 7) is 5.75. The molecule has 2 N–H and O–H groups in total. The first kappa shape index (κ1) is 22.0. The van der Waals surface area contributed by atoms with Crippen LogP contribution in [0.2, 0.25) is 0 Å². The zero-order valence-corrected chi connectivity index (χ0v) is 18.1. The van der Waals surface area contributed by atoms with Crippen LogP contribution in [0.25, 0.3) is 0 Å². The standard InChI is InChI=1S/C20H24F3N7O2/c1-9(2)16-18(31)28-15-10(3)26-19(29-17(15)30(16)4)27-11-5-12(6-11)32-14-7-13(20(21,22)23)24-8-25-14/h7-9,11-12,16H,5-6H2,1-4H3,(H,28,31)(H,26,27,29). The van der Waals surface area contributed by atoms with Crippen molar-refractivity contribution >= 4 is 23.4 Å². The van der Waals surface area contributed by atoms with E-state index in [4.69, 9.17) is 4.74 Å². The van der Waals surface area contributed by atoms with E-state index < -0.39 is 11.9 Å². The largest absolute Gasteiger partial charge is 0.474 e. The Morgan fingerprint density at radius 2 is 1.97 bits per heavy atom. The molecule has 0 saturated heterocycles. The number of nitrogens with zero attached hydrogens (tertiary/aromatic N) is 5. The van der Waals surface area contributed by atoms with Crippen molar-refractivity contribution in [2.45, 2.75) is 58.0 Å². The lowest BCUT2D eigenvalue weighted by Crippen LogP contribution is -2.50. The third kappa shape index (κ3) is 4.26. The van der Waals surface area contributed by atoms with E-state index in [1.165, 1.54) is 0 Å². The number of aromatic nitrogens is 4. The van der Waals surface area contributed by atoms with Crippen LogP contribution in [-0.2, 0) is 11.0 Å². The molecule has 1 amide bonds. The lowest BCUT2D eigenvalue weighted by molar-refractivity contribution is -0.141. The van der Waals surface area contributed by atoms with Gasteiger partial charge in [0.2, 0.25) is 17.7 Å². The molecule has 4 rings (SSSR count). The third-order valence-electron chi connectivity index (χ3n) is 5.62. The Morgan fingerprint density at radius 1 is 1.25 bits per heavy atom. The van der Waals surface area contributed by atoms with E-state index in [0.717, 1.165) is 12.4 Å². The molecule has 2 aromatic rings. The maximum Gasteiger partial charge on any atom is 0.433 e. The van der Waals surface area contributed by atoms with Gasteiger partial charge in [0, 0.05) is 32.0 Å². The summed E-state index contributed by atoms with van der Waals surface area (Å²) in [6.07, 6.45) is -2.85. The zero-order valence-electron chi connectivity index (χ0n) is 18.1. The van der Waals surface area contributed by atoms with Crippen molar-refractivity contribution in [2.24, 2.45) is 5.92 Å². The topological polar surface area (TPSA) is 105 Å². The number of ether oxygens (including phenoxy) is 1. The number of rotatable bonds is 5. The number of carbonyl (C=O) groups excluding carboxylic acids is 1. The molecule has 0 bridgehead atoms. The van der Waals surface area contributed by atoms with Crippen molar-refractivity contribution in [1.82, 2.24) is 19.9 Å². The van der Waals surface area contributed by atoms with Crippen LogP contribution < -0.4 is 20.3 Å². The predicted octanol–water partition coefficient (Wildman–Crippen LogP) is 3.03. The number of hydrogen-bond acceptors (Lipinski definition) is 8. The van der Waals surface area contributed by atoms with Gasteiger partial charge in [-0.3, -0.25) is 4.79 Å². The number of nitrogens with one attached hydrogen (secondary N) is 2. The number of hydrogen-bond donors (Lipinski definition) is 2. The minimum atomic E-state index is -4.55. The molecule has 1 aliphatic heterocycles. The Hall–Kier alpha value is -3.18. The summed E-state index contributed by atoms with van der Waals surface area (Å²) in [5.41, 5.74) is 0.206. The highest BCUT2D eigenvalue weighted by molar-refractivity contribution is 6.03. The molecule has 2 aromatic heterocycles. The monoisotopic (exact) mass is 451 g/mol. The van der Waals surface area contributed by atoms with E-state index in [9.17, 15) is 18.0 Å². The maximum atomic E-state index is 12.8. The highest BCUT2D eigenvalue weighted by Gasteiger charge is 2.37. The average molecular weight is 451 g/mol. The molecule has 12 heteroatoms. The summed E-state index contributed by atoms with van der Waals surface area (Å²) in [6, 6.07) is 0.470. The quantitative estimate of drug-likeness (QED) is 0.715. The van der Waals surface area contributed by atoms with Crippen molar-refractivity contribution in [3.63, 3.8) is 0 Å². The second-order valence-corrected chi connectivity index (χ2v) is 8.41. The van der Waals surface area contributed by atoms with Crippen LogP contribution in [0.15, 0.2) is 12.4 Å². The van der Waals surface area contributed by atoms with Crippen molar-refractivity contribution in [3.8, 4) is 5.88 Å². The lowest BCUT2D eigenvalue weighted by Gasteiger charge is -2.38.